The molecule has 3 aromatic heterocycles. The Bertz CT molecular complexity index is 969. The van der Waals surface area contributed by atoms with Crippen molar-refractivity contribution in [2.24, 2.45) is 0 Å². The van der Waals surface area contributed by atoms with Crippen LogP contribution in [-0.4, -0.2) is 19.7 Å². The molecule has 5 nitrogen and oxygen atoms in total. The van der Waals surface area contributed by atoms with Crippen molar-refractivity contribution in [2.75, 3.05) is 0 Å². The van der Waals surface area contributed by atoms with Crippen LogP contribution in [0.2, 0.25) is 0 Å². The fourth-order valence-corrected chi connectivity index (χ4v) is 2.41. The van der Waals surface area contributed by atoms with Gasteiger partial charge in [-0.2, -0.15) is 5.10 Å². The second-order valence-corrected chi connectivity index (χ2v) is 4.51. The first kappa shape index (κ1) is 10.9. The number of H-pyrrole nitrogens is 1. The van der Waals surface area contributed by atoms with E-state index in [9.17, 15) is 4.79 Å². The highest BCUT2D eigenvalue weighted by atomic mass is 16.1. The maximum atomic E-state index is 12.1. The molecule has 0 radical (unpaired) electrons. The summed E-state index contributed by atoms with van der Waals surface area (Å²) in [4.78, 5) is 19.1. The molecule has 3 heterocycles. The van der Waals surface area contributed by atoms with Gasteiger partial charge < -0.3 is 4.98 Å². The van der Waals surface area contributed by atoms with Crippen molar-refractivity contribution < 1.29 is 0 Å². The number of aromatic nitrogens is 4. The van der Waals surface area contributed by atoms with Gasteiger partial charge in [0.15, 0.2) is 0 Å². The van der Waals surface area contributed by atoms with Crippen molar-refractivity contribution >= 4 is 21.9 Å². The Morgan fingerprint density at radius 2 is 1.85 bits per heavy atom. The van der Waals surface area contributed by atoms with Gasteiger partial charge in [0, 0.05) is 11.6 Å². The van der Waals surface area contributed by atoms with E-state index in [0.29, 0.717) is 11.0 Å². The summed E-state index contributed by atoms with van der Waals surface area (Å²) in [6.45, 7) is 0. The number of hydrogen-bond acceptors (Lipinski definition) is 3. The smallest absolute Gasteiger partial charge is 0.260 e. The summed E-state index contributed by atoms with van der Waals surface area (Å²) in [6.07, 6.45) is 3.25. The third kappa shape index (κ3) is 1.46. The van der Waals surface area contributed by atoms with E-state index in [4.69, 9.17) is 0 Å². The number of para-hydroxylation sites is 1. The summed E-state index contributed by atoms with van der Waals surface area (Å²) < 4.78 is 1.77. The van der Waals surface area contributed by atoms with E-state index < -0.39 is 0 Å². The van der Waals surface area contributed by atoms with Gasteiger partial charge in [-0.05, 0) is 24.3 Å². The molecule has 0 aliphatic heterocycles. The topological polar surface area (TPSA) is 63.6 Å². The molecule has 5 heteroatoms. The highest BCUT2D eigenvalue weighted by Crippen LogP contribution is 2.22. The summed E-state index contributed by atoms with van der Waals surface area (Å²) in [5.41, 5.74) is 2.09. The van der Waals surface area contributed by atoms with Gasteiger partial charge >= 0.3 is 0 Å². The lowest BCUT2D eigenvalue weighted by Gasteiger charge is -2.05. The van der Waals surface area contributed by atoms with Crippen molar-refractivity contribution in [3.05, 3.63) is 65.2 Å². The van der Waals surface area contributed by atoms with Gasteiger partial charge in [-0.15, -0.1) is 0 Å². The molecular formula is C15H10N4O. The maximum absolute atomic E-state index is 12.1. The predicted octanol–water partition coefficient (Wildman–Crippen LogP) is 2.26. The minimum Gasteiger partial charge on any atom is -0.306 e. The van der Waals surface area contributed by atoms with Gasteiger partial charge in [0.25, 0.3) is 5.56 Å². The first-order chi connectivity index (χ1) is 9.84. The van der Waals surface area contributed by atoms with Gasteiger partial charge in [-0.3, -0.25) is 4.79 Å². The molecule has 96 valence electrons. The summed E-state index contributed by atoms with van der Waals surface area (Å²) >= 11 is 0. The quantitative estimate of drug-likeness (QED) is 0.572. The van der Waals surface area contributed by atoms with E-state index in [1.54, 1.807) is 17.1 Å². The van der Waals surface area contributed by atoms with E-state index in [2.05, 4.69) is 15.1 Å². The number of rotatable bonds is 1. The minimum absolute atomic E-state index is 0.173. The molecule has 1 aromatic carbocycles. The number of nitrogens with zero attached hydrogens (tertiary/aromatic N) is 3. The molecule has 0 atom stereocenters. The molecule has 4 aromatic rings. The van der Waals surface area contributed by atoms with Crippen LogP contribution in [0.25, 0.3) is 27.6 Å². The molecular weight excluding hydrogens is 252 g/mol. The summed E-state index contributed by atoms with van der Waals surface area (Å²) in [5, 5.41) is 5.79. The summed E-state index contributed by atoms with van der Waals surface area (Å²) in [7, 11) is 0. The largest absolute Gasteiger partial charge is 0.306 e. The number of aromatic amines is 1. The Morgan fingerprint density at radius 3 is 2.70 bits per heavy atom. The average Bonchev–Trinajstić information content (AvgIpc) is 2.94. The number of nitrogens with one attached hydrogen (secondary N) is 1. The molecule has 0 saturated carbocycles. The van der Waals surface area contributed by atoms with E-state index in [0.717, 1.165) is 16.6 Å². The fourth-order valence-electron chi connectivity index (χ4n) is 2.41. The zero-order valence-electron chi connectivity index (χ0n) is 10.4. The first-order valence-electron chi connectivity index (χ1n) is 6.25. The molecule has 0 aliphatic carbocycles. The van der Waals surface area contributed by atoms with Gasteiger partial charge in [0.2, 0.25) is 0 Å². The number of hydrogen-bond donors (Lipinski definition) is 1. The van der Waals surface area contributed by atoms with Crippen molar-refractivity contribution in [2.45, 2.75) is 0 Å². The van der Waals surface area contributed by atoms with Gasteiger partial charge in [0.05, 0.1) is 22.8 Å². The van der Waals surface area contributed by atoms with Crippen molar-refractivity contribution in [1.82, 2.24) is 19.7 Å². The highest BCUT2D eigenvalue weighted by molar-refractivity contribution is 6.02. The summed E-state index contributed by atoms with van der Waals surface area (Å²) in [6, 6.07) is 13.5. The van der Waals surface area contributed by atoms with Crippen molar-refractivity contribution in [3.8, 4) is 5.69 Å². The third-order valence-corrected chi connectivity index (χ3v) is 3.31. The average molecular weight is 262 g/mol. The minimum atomic E-state index is -0.173. The molecule has 0 spiro atoms. The zero-order chi connectivity index (χ0) is 13.5. The van der Waals surface area contributed by atoms with Crippen LogP contribution in [0.3, 0.4) is 0 Å². The van der Waals surface area contributed by atoms with Crippen molar-refractivity contribution in [3.63, 3.8) is 0 Å². The molecule has 0 saturated heterocycles. The Hall–Kier alpha value is -2.95. The van der Waals surface area contributed by atoms with Crippen LogP contribution >= 0.6 is 0 Å². The number of benzene rings is 1. The second-order valence-electron chi connectivity index (χ2n) is 4.51. The Balaban J connectivity index is 2.22. The van der Waals surface area contributed by atoms with E-state index in [1.165, 1.54) is 0 Å². The van der Waals surface area contributed by atoms with E-state index >= 15 is 0 Å². The fraction of sp³-hybridized carbons (Fsp3) is 0. The summed E-state index contributed by atoms with van der Waals surface area (Å²) in [5.74, 6) is 0. The molecule has 0 unspecified atom stereocenters. The zero-order valence-corrected chi connectivity index (χ0v) is 10.4. The van der Waals surface area contributed by atoms with E-state index in [1.807, 2.05) is 42.5 Å². The molecule has 0 aliphatic rings. The second kappa shape index (κ2) is 4.03. The number of pyridine rings is 2. The van der Waals surface area contributed by atoms with Crippen molar-refractivity contribution in [1.29, 1.82) is 0 Å². The molecule has 1 N–H and O–H groups in total. The van der Waals surface area contributed by atoms with Gasteiger partial charge in [-0.25, -0.2) is 9.67 Å². The maximum Gasteiger partial charge on any atom is 0.260 e. The Morgan fingerprint density at radius 1 is 1.00 bits per heavy atom. The molecule has 4 rings (SSSR count). The standard InChI is InChI=1S/C15H10N4O/c20-15-12-9-17-19(10-5-2-1-3-6-10)13(12)11-7-4-8-16-14(11)18-15/h1-9H,(H,16,18,20). The lowest BCUT2D eigenvalue weighted by Crippen LogP contribution is -2.07. The van der Waals surface area contributed by atoms with Crippen LogP contribution in [0.15, 0.2) is 59.7 Å². The monoisotopic (exact) mass is 262 g/mol. The predicted molar refractivity (Wildman–Crippen MR) is 77.0 cm³/mol. The normalized spacial score (nSPS) is 11.2. The van der Waals surface area contributed by atoms with Crippen LogP contribution < -0.4 is 5.56 Å². The molecule has 20 heavy (non-hydrogen) atoms. The lowest BCUT2D eigenvalue weighted by atomic mass is 10.2. The molecule has 0 fully saturated rings. The van der Waals surface area contributed by atoms with Crippen LogP contribution in [0.1, 0.15) is 0 Å². The number of fused-ring (bicyclic) bond motifs is 3. The highest BCUT2D eigenvalue weighted by Gasteiger charge is 2.12. The van der Waals surface area contributed by atoms with Gasteiger partial charge in [-0.1, -0.05) is 18.2 Å². The van der Waals surface area contributed by atoms with Crippen LogP contribution in [0.5, 0.6) is 0 Å². The molecule has 0 amide bonds. The van der Waals surface area contributed by atoms with E-state index in [-0.39, 0.29) is 5.56 Å². The first-order valence-corrected chi connectivity index (χ1v) is 6.25. The van der Waals surface area contributed by atoms with Crippen LogP contribution in [0, 0.1) is 0 Å². The van der Waals surface area contributed by atoms with Crippen LogP contribution in [0.4, 0.5) is 0 Å². The third-order valence-electron chi connectivity index (χ3n) is 3.31. The molecule has 0 bridgehead atoms. The van der Waals surface area contributed by atoms with Crippen LogP contribution in [-0.2, 0) is 0 Å². The SMILES string of the molecule is O=c1[nH]c2ncccc2c2c1cnn2-c1ccccc1. The van der Waals surface area contributed by atoms with Gasteiger partial charge in [0.1, 0.15) is 5.65 Å². The Labute approximate surface area is 113 Å². The Kier molecular flexibility index (Phi) is 2.20. The lowest BCUT2D eigenvalue weighted by molar-refractivity contribution is 0.913.